The van der Waals surface area contributed by atoms with E-state index in [2.05, 4.69) is 6.58 Å². The van der Waals surface area contributed by atoms with Crippen LogP contribution in [0.15, 0.2) is 12.3 Å². The molecule has 0 aromatic rings. The first-order valence-corrected chi connectivity index (χ1v) is 10.3. The molecule has 1 saturated carbocycles. The van der Waals surface area contributed by atoms with Crippen LogP contribution in [0.3, 0.4) is 0 Å². The summed E-state index contributed by atoms with van der Waals surface area (Å²) < 4.78 is 27.8. The highest BCUT2D eigenvalue weighted by Gasteiger charge is 2.34. The highest BCUT2D eigenvalue weighted by molar-refractivity contribution is 5.75. The van der Waals surface area contributed by atoms with Crippen LogP contribution in [0.5, 0.6) is 0 Å². The van der Waals surface area contributed by atoms with Crippen LogP contribution in [0.25, 0.3) is 0 Å². The van der Waals surface area contributed by atoms with Gasteiger partial charge in [-0.2, -0.15) is 0 Å². The molecule has 0 aromatic carbocycles. The second-order valence-electron chi connectivity index (χ2n) is 8.18. The van der Waals surface area contributed by atoms with E-state index < -0.39 is 11.7 Å². The van der Waals surface area contributed by atoms with Crippen LogP contribution < -0.4 is 0 Å². The molecule has 8 heteroatoms. The Labute approximate surface area is 174 Å². The number of aliphatic hydroxyl groups is 2. The van der Waals surface area contributed by atoms with Crippen molar-refractivity contribution < 1.29 is 38.7 Å². The van der Waals surface area contributed by atoms with Crippen molar-refractivity contribution in [3.05, 3.63) is 12.3 Å². The van der Waals surface area contributed by atoms with Crippen LogP contribution in [-0.4, -0.2) is 61.5 Å². The molecule has 170 valence electrons. The predicted molar refractivity (Wildman–Crippen MR) is 107 cm³/mol. The van der Waals surface area contributed by atoms with Gasteiger partial charge >= 0.3 is 5.97 Å². The fourth-order valence-electron chi connectivity index (χ4n) is 2.84. The molecule has 1 aliphatic carbocycles. The minimum absolute atomic E-state index is 0.0446. The average molecular weight is 419 g/mol. The second kappa shape index (κ2) is 13.2. The molecule has 8 nitrogen and oxygen atoms in total. The topological polar surface area (TPSA) is 104 Å². The largest absolute Gasteiger partial charge is 0.473 e. The van der Waals surface area contributed by atoms with Gasteiger partial charge in [-0.3, -0.25) is 4.79 Å². The van der Waals surface area contributed by atoms with Gasteiger partial charge in [-0.15, -0.1) is 0 Å². The van der Waals surface area contributed by atoms with E-state index in [1.807, 2.05) is 20.8 Å². The third kappa shape index (κ3) is 10.4. The van der Waals surface area contributed by atoms with Gasteiger partial charge in [0.2, 0.25) is 0 Å². The van der Waals surface area contributed by atoms with Gasteiger partial charge in [0.15, 0.2) is 13.1 Å². The van der Waals surface area contributed by atoms with E-state index in [9.17, 15) is 4.79 Å². The number of aliphatic hydroxyl groups excluding tert-OH is 1. The van der Waals surface area contributed by atoms with Crippen LogP contribution in [-0.2, 0) is 28.5 Å². The molecule has 1 rings (SSSR count). The summed E-state index contributed by atoms with van der Waals surface area (Å²) in [5, 5.41) is 17.7. The van der Waals surface area contributed by atoms with Crippen LogP contribution in [0.1, 0.15) is 59.8 Å². The number of ether oxygens (including phenoxy) is 5. The average Bonchev–Trinajstić information content (AvgIpc) is 2.66. The Balaban J connectivity index is 2.50. The van der Waals surface area contributed by atoms with Gasteiger partial charge in [0.1, 0.15) is 6.79 Å². The second-order valence-corrected chi connectivity index (χ2v) is 8.18. The number of carbonyl (C=O) groups is 1. The van der Waals surface area contributed by atoms with Gasteiger partial charge in [-0.05, 0) is 52.4 Å². The molecule has 0 bridgehead atoms. The van der Waals surface area contributed by atoms with E-state index in [1.54, 1.807) is 6.92 Å². The summed E-state index contributed by atoms with van der Waals surface area (Å²) in [4.78, 5) is 12.2. The molecule has 0 saturated heterocycles. The lowest BCUT2D eigenvalue weighted by molar-refractivity contribution is -0.184. The molecule has 1 fully saturated rings. The molecule has 0 heterocycles. The first kappa shape index (κ1) is 25.8. The monoisotopic (exact) mass is 418 g/mol. The third-order valence-electron chi connectivity index (χ3n) is 5.20. The maximum atomic E-state index is 12.2. The SMILES string of the molecule is C=C(C)OCOC1CC(COC(=O)C(C)(C)CC)CCC1OCOCCC(O)O. The third-order valence-corrected chi connectivity index (χ3v) is 5.20. The van der Waals surface area contributed by atoms with Crippen LogP contribution in [0, 0.1) is 11.3 Å². The summed E-state index contributed by atoms with van der Waals surface area (Å²) >= 11 is 0. The van der Waals surface area contributed by atoms with Gasteiger partial charge in [0, 0.05) is 6.42 Å². The number of hydrogen-bond acceptors (Lipinski definition) is 8. The normalized spacial score (nSPS) is 22.5. The number of rotatable bonds is 14. The zero-order chi connectivity index (χ0) is 21.9. The van der Waals surface area contributed by atoms with E-state index in [0.717, 1.165) is 19.3 Å². The van der Waals surface area contributed by atoms with E-state index >= 15 is 0 Å². The van der Waals surface area contributed by atoms with Crippen molar-refractivity contribution in [2.24, 2.45) is 11.3 Å². The first-order valence-electron chi connectivity index (χ1n) is 10.3. The summed E-state index contributed by atoms with van der Waals surface area (Å²) in [6, 6.07) is 0. The van der Waals surface area contributed by atoms with Crippen molar-refractivity contribution in [3.63, 3.8) is 0 Å². The highest BCUT2D eigenvalue weighted by Crippen LogP contribution is 2.30. The molecular weight excluding hydrogens is 380 g/mol. The quantitative estimate of drug-likeness (QED) is 0.192. The molecular formula is C21H38O8. The zero-order valence-corrected chi connectivity index (χ0v) is 18.2. The maximum Gasteiger partial charge on any atom is 0.311 e. The van der Waals surface area contributed by atoms with Gasteiger partial charge in [-0.1, -0.05) is 13.5 Å². The van der Waals surface area contributed by atoms with E-state index in [-0.39, 0.29) is 50.7 Å². The van der Waals surface area contributed by atoms with Crippen LogP contribution >= 0.6 is 0 Å². The van der Waals surface area contributed by atoms with E-state index in [4.69, 9.17) is 33.9 Å². The summed E-state index contributed by atoms with van der Waals surface area (Å²) in [7, 11) is 0. The molecule has 0 amide bonds. The molecule has 1 aliphatic rings. The lowest BCUT2D eigenvalue weighted by Crippen LogP contribution is -2.40. The summed E-state index contributed by atoms with van der Waals surface area (Å²) in [6.07, 6.45) is 1.33. The maximum absolute atomic E-state index is 12.2. The highest BCUT2D eigenvalue weighted by atomic mass is 16.7. The van der Waals surface area contributed by atoms with Crippen molar-refractivity contribution >= 4 is 5.97 Å². The van der Waals surface area contributed by atoms with Gasteiger partial charge in [0.05, 0.1) is 36.6 Å². The summed E-state index contributed by atoms with van der Waals surface area (Å²) in [5.74, 6) is 0.573. The molecule has 0 aromatic heterocycles. The van der Waals surface area contributed by atoms with Crippen molar-refractivity contribution in [1.82, 2.24) is 0 Å². The van der Waals surface area contributed by atoms with E-state index in [1.165, 1.54) is 0 Å². The predicted octanol–water partition coefficient (Wildman–Crippen LogP) is 2.72. The fourth-order valence-corrected chi connectivity index (χ4v) is 2.84. The Morgan fingerprint density at radius 3 is 2.45 bits per heavy atom. The lowest BCUT2D eigenvalue weighted by atomic mass is 9.85. The smallest absolute Gasteiger partial charge is 0.311 e. The molecule has 0 aliphatic heterocycles. The van der Waals surface area contributed by atoms with Crippen molar-refractivity contribution in [2.45, 2.75) is 78.3 Å². The lowest BCUT2D eigenvalue weighted by Gasteiger charge is -2.35. The van der Waals surface area contributed by atoms with Crippen LogP contribution in [0.4, 0.5) is 0 Å². The Morgan fingerprint density at radius 1 is 1.14 bits per heavy atom. The number of allylic oxidation sites excluding steroid dienone is 1. The molecule has 3 unspecified atom stereocenters. The molecule has 0 radical (unpaired) electrons. The molecule has 29 heavy (non-hydrogen) atoms. The standard InChI is InChI=1S/C21H38O8/c1-6-21(4,5)20(24)26-12-16-7-8-17(28-13-25-10-9-19(22)23)18(11-16)29-14-27-15(2)3/h16-19,22-23H,2,6-14H2,1,3-5H3. The number of esters is 1. The first-order chi connectivity index (χ1) is 13.7. The van der Waals surface area contributed by atoms with Gasteiger partial charge in [-0.25, -0.2) is 0 Å². The Kier molecular flexibility index (Phi) is 11.7. The Morgan fingerprint density at radius 2 is 1.83 bits per heavy atom. The molecule has 0 spiro atoms. The number of carbonyl (C=O) groups excluding carboxylic acids is 1. The molecule has 2 N–H and O–H groups in total. The summed E-state index contributed by atoms with van der Waals surface area (Å²) in [5.41, 5.74) is -0.481. The van der Waals surface area contributed by atoms with Gasteiger partial charge in [0.25, 0.3) is 0 Å². The van der Waals surface area contributed by atoms with Gasteiger partial charge < -0.3 is 33.9 Å². The molecule has 3 atom stereocenters. The Bertz CT molecular complexity index is 491. The fraction of sp³-hybridized carbons (Fsp3) is 0.857. The minimum atomic E-state index is -1.39. The van der Waals surface area contributed by atoms with Crippen molar-refractivity contribution in [3.8, 4) is 0 Å². The Hall–Kier alpha value is -1.19. The summed E-state index contributed by atoms with van der Waals surface area (Å²) in [6.45, 7) is 11.9. The van der Waals surface area contributed by atoms with Crippen molar-refractivity contribution in [2.75, 3.05) is 26.8 Å². The zero-order valence-electron chi connectivity index (χ0n) is 18.2. The van der Waals surface area contributed by atoms with Crippen molar-refractivity contribution in [1.29, 1.82) is 0 Å². The van der Waals surface area contributed by atoms with E-state index in [0.29, 0.717) is 18.8 Å². The minimum Gasteiger partial charge on any atom is -0.473 e. The number of hydrogen-bond donors (Lipinski definition) is 2. The van der Waals surface area contributed by atoms with Crippen LogP contribution in [0.2, 0.25) is 0 Å².